The Labute approximate surface area is 110 Å². The van der Waals surface area contributed by atoms with Gasteiger partial charge in [-0.1, -0.05) is 12.1 Å². The molecule has 0 aliphatic heterocycles. The highest BCUT2D eigenvalue weighted by molar-refractivity contribution is 7.98. The van der Waals surface area contributed by atoms with Gasteiger partial charge in [0.05, 0.1) is 5.69 Å². The van der Waals surface area contributed by atoms with E-state index in [4.69, 9.17) is 5.84 Å². The van der Waals surface area contributed by atoms with Crippen molar-refractivity contribution in [3.05, 3.63) is 36.0 Å². The number of nitrogens with one attached hydrogen (secondary N) is 2. The Morgan fingerprint density at radius 3 is 2.78 bits per heavy atom. The van der Waals surface area contributed by atoms with Crippen molar-refractivity contribution in [1.82, 2.24) is 9.97 Å². The molecule has 2 aromatic rings. The number of para-hydroxylation sites is 1. The molecule has 0 aliphatic rings. The van der Waals surface area contributed by atoms with Crippen LogP contribution in [0.25, 0.3) is 0 Å². The molecule has 5 nitrogen and oxygen atoms in total. The first-order valence-electron chi connectivity index (χ1n) is 5.45. The molecule has 6 heteroatoms. The molecule has 18 heavy (non-hydrogen) atoms. The molecule has 0 saturated heterocycles. The van der Waals surface area contributed by atoms with Gasteiger partial charge in [0.15, 0.2) is 0 Å². The number of hydrogen-bond donors (Lipinski definition) is 3. The molecule has 0 bridgehead atoms. The van der Waals surface area contributed by atoms with Gasteiger partial charge >= 0.3 is 0 Å². The summed E-state index contributed by atoms with van der Waals surface area (Å²) in [7, 11) is 0. The smallest absolute Gasteiger partial charge is 0.239 e. The Hall–Kier alpha value is -1.79. The lowest BCUT2D eigenvalue weighted by Crippen LogP contribution is -2.11. The Morgan fingerprint density at radius 2 is 2.06 bits per heavy atom. The third kappa shape index (κ3) is 2.72. The minimum atomic E-state index is 0.393. The van der Waals surface area contributed by atoms with Gasteiger partial charge in [0.25, 0.3) is 0 Å². The average molecular weight is 261 g/mol. The Bertz CT molecular complexity index is 544. The first kappa shape index (κ1) is 12.7. The number of hydrogen-bond acceptors (Lipinski definition) is 6. The van der Waals surface area contributed by atoms with E-state index in [2.05, 4.69) is 26.8 Å². The summed E-state index contributed by atoms with van der Waals surface area (Å²) in [6.45, 7) is 1.95. The molecule has 0 radical (unpaired) electrons. The largest absolute Gasteiger partial charge is 0.339 e. The molecule has 0 atom stereocenters. The van der Waals surface area contributed by atoms with Gasteiger partial charge in [0.2, 0.25) is 5.95 Å². The molecular formula is C12H15N5S. The number of nitrogens with two attached hydrogens (primary N) is 1. The monoisotopic (exact) mass is 261 g/mol. The average Bonchev–Trinajstić information content (AvgIpc) is 2.42. The maximum absolute atomic E-state index is 5.31. The molecule has 1 aromatic heterocycles. The van der Waals surface area contributed by atoms with Crippen LogP contribution in [0.15, 0.2) is 35.4 Å². The summed E-state index contributed by atoms with van der Waals surface area (Å²) in [5, 5.41) is 3.30. The van der Waals surface area contributed by atoms with Gasteiger partial charge < -0.3 is 5.32 Å². The molecular weight excluding hydrogens is 246 g/mol. The second kappa shape index (κ2) is 5.70. The number of nitrogens with zero attached hydrogens (tertiary/aromatic N) is 2. The normalized spacial score (nSPS) is 10.2. The molecule has 1 aromatic carbocycles. The molecule has 0 spiro atoms. The van der Waals surface area contributed by atoms with Crippen molar-refractivity contribution in [2.24, 2.45) is 5.84 Å². The fourth-order valence-electron chi connectivity index (χ4n) is 1.51. The summed E-state index contributed by atoms with van der Waals surface area (Å²) in [4.78, 5) is 9.51. The molecule has 0 aliphatic carbocycles. The van der Waals surface area contributed by atoms with Crippen LogP contribution >= 0.6 is 11.8 Å². The summed E-state index contributed by atoms with van der Waals surface area (Å²) in [5.41, 5.74) is 4.43. The standard InChI is InChI=1S/C12H15N5S/c1-8-7-14-12(17-13)16-11(8)15-9-5-3-4-6-10(9)18-2/h3-7H,13H2,1-2H3,(H2,14,15,16,17). The van der Waals surface area contributed by atoms with E-state index in [-0.39, 0.29) is 0 Å². The van der Waals surface area contributed by atoms with E-state index in [1.54, 1.807) is 18.0 Å². The second-order valence-electron chi connectivity index (χ2n) is 3.69. The Morgan fingerprint density at radius 1 is 1.28 bits per heavy atom. The first-order chi connectivity index (χ1) is 8.74. The van der Waals surface area contributed by atoms with Gasteiger partial charge in [0, 0.05) is 16.7 Å². The van der Waals surface area contributed by atoms with Crippen molar-refractivity contribution in [3.8, 4) is 0 Å². The van der Waals surface area contributed by atoms with E-state index in [0.717, 1.165) is 22.0 Å². The minimum absolute atomic E-state index is 0.393. The van der Waals surface area contributed by atoms with Gasteiger partial charge in [-0.3, -0.25) is 5.43 Å². The number of anilines is 3. The fraction of sp³-hybridized carbons (Fsp3) is 0.167. The van der Waals surface area contributed by atoms with E-state index in [9.17, 15) is 0 Å². The number of benzene rings is 1. The van der Waals surface area contributed by atoms with Crippen LogP contribution in [0.4, 0.5) is 17.5 Å². The van der Waals surface area contributed by atoms with Crippen LogP contribution in [-0.2, 0) is 0 Å². The topological polar surface area (TPSA) is 75.9 Å². The summed E-state index contributed by atoms with van der Waals surface area (Å²) in [5.74, 6) is 6.45. The zero-order valence-electron chi connectivity index (χ0n) is 10.3. The lowest BCUT2D eigenvalue weighted by atomic mass is 10.3. The van der Waals surface area contributed by atoms with E-state index in [1.165, 1.54) is 0 Å². The molecule has 1 heterocycles. The first-order valence-corrected chi connectivity index (χ1v) is 6.67. The number of thioether (sulfide) groups is 1. The van der Waals surface area contributed by atoms with Gasteiger partial charge in [-0.05, 0) is 25.3 Å². The van der Waals surface area contributed by atoms with Crippen LogP contribution in [0.3, 0.4) is 0 Å². The van der Waals surface area contributed by atoms with Crippen molar-refractivity contribution in [2.45, 2.75) is 11.8 Å². The third-order valence-corrected chi connectivity index (χ3v) is 3.26. The van der Waals surface area contributed by atoms with Crippen LogP contribution in [0, 0.1) is 6.92 Å². The highest BCUT2D eigenvalue weighted by atomic mass is 32.2. The summed E-state index contributed by atoms with van der Waals surface area (Å²) in [6.07, 6.45) is 3.77. The highest BCUT2D eigenvalue weighted by Gasteiger charge is 2.06. The zero-order valence-corrected chi connectivity index (χ0v) is 11.1. The minimum Gasteiger partial charge on any atom is -0.339 e. The van der Waals surface area contributed by atoms with Crippen LogP contribution < -0.4 is 16.6 Å². The maximum atomic E-state index is 5.31. The Kier molecular flexibility index (Phi) is 4.01. The third-order valence-electron chi connectivity index (χ3n) is 2.46. The second-order valence-corrected chi connectivity index (χ2v) is 4.54. The van der Waals surface area contributed by atoms with E-state index < -0.39 is 0 Å². The Balaban J connectivity index is 2.33. The van der Waals surface area contributed by atoms with Gasteiger partial charge in [-0.2, -0.15) is 4.98 Å². The summed E-state index contributed by atoms with van der Waals surface area (Å²) < 4.78 is 0. The molecule has 0 unspecified atom stereocenters. The summed E-state index contributed by atoms with van der Waals surface area (Å²) in [6, 6.07) is 8.08. The predicted octanol–water partition coefficient (Wildman–Crippen LogP) is 2.54. The number of aromatic nitrogens is 2. The van der Waals surface area contributed by atoms with Crippen molar-refractivity contribution in [2.75, 3.05) is 17.0 Å². The quantitative estimate of drug-likeness (QED) is 0.446. The zero-order chi connectivity index (χ0) is 13.0. The molecule has 94 valence electrons. The molecule has 4 N–H and O–H groups in total. The number of hydrazine groups is 1. The fourth-order valence-corrected chi connectivity index (χ4v) is 2.07. The van der Waals surface area contributed by atoms with Crippen molar-refractivity contribution < 1.29 is 0 Å². The molecule has 0 amide bonds. The van der Waals surface area contributed by atoms with Crippen LogP contribution in [0.2, 0.25) is 0 Å². The molecule has 0 saturated carbocycles. The van der Waals surface area contributed by atoms with Gasteiger partial charge in [0.1, 0.15) is 5.82 Å². The maximum Gasteiger partial charge on any atom is 0.239 e. The van der Waals surface area contributed by atoms with E-state index in [1.807, 2.05) is 31.4 Å². The van der Waals surface area contributed by atoms with Crippen LogP contribution in [0.1, 0.15) is 5.56 Å². The molecule has 2 rings (SSSR count). The lowest BCUT2D eigenvalue weighted by molar-refractivity contribution is 1.09. The number of aryl methyl sites for hydroxylation is 1. The van der Waals surface area contributed by atoms with Crippen molar-refractivity contribution in [1.29, 1.82) is 0 Å². The summed E-state index contributed by atoms with van der Waals surface area (Å²) >= 11 is 1.68. The van der Waals surface area contributed by atoms with Crippen molar-refractivity contribution >= 4 is 29.2 Å². The predicted molar refractivity (Wildman–Crippen MR) is 76.1 cm³/mol. The van der Waals surface area contributed by atoms with Crippen LogP contribution in [-0.4, -0.2) is 16.2 Å². The van der Waals surface area contributed by atoms with E-state index >= 15 is 0 Å². The van der Waals surface area contributed by atoms with Gasteiger partial charge in [-0.15, -0.1) is 11.8 Å². The van der Waals surface area contributed by atoms with E-state index in [0.29, 0.717) is 5.95 Å². The lowest BCUT2D eigenvalue weighted by Gasteiger charge is -2.12. The molecule has 0 fully saturated rings. The van der Waals surface area contributed by atoms with Crippen LogP contribution in [0.5, 0.6) is 0 Å². The number of nitrogen functional groups attached to an aromatic ring is 1. The number of rotatable bonds is 4. The highest BCUT2D eigenvalue weighted by Crippen LogP contribution is 2.28. The SMILES string of the molecule is CSc1ccccc1Nc1nc(NN)ncc1C. The van der Waals surface area contributed by atoms with Crippen molar-refractivity contribution in [3.63, 3.8) is 0 Å². The van der Waals surface area contributed by atoms with Gasteiger partial charge in [-0.25, -0.2) is 10.8 Å².